The summed E-state index contributed by atoms with van der Waals surface area (Å²) in [7, 11) is 0. The maximum Gasteiger partial charge on any atom is 0.176 e. The van der Waals surface area contributed by atoms with Crippen molar-refractivity contribution in [1.82, 2.24) is 20.0 Å². The summed E-state index contributed by atoms with van der Waals surface area (Å²) in [6.45, 7) is 6.23. The van der Waals surface area contributed by atoms with Crippen LogP contribution in [-0.2, 0) is 12.8 Å². The lowest BCUT2D eigenvalue weighted by molar-refractivity contribution is 0.752. The molecule has 0 spiro atoms. The number of hydrogen-bond acceptors (Lipinski definition) is 3. The third kappa shape index (κ3) is 1.96. The van der Waals surface area contributed by atoms with Gasteiger partial charge in [-0.1, -0.05) is 13.8 Å². The lowest BCUT2D eigenvalue weighted by Crippen LogP contribution is -2.05. The molecule has 0 radical (unpaired) electrons. The van der Waals surface area contributed by atoms with Gasteiger partial charge >= 0.3 is 0 Å². The van der Waals surface area contributed by atoms with Gasteiger partial charge in [-0.15, -0.1) is 5.10 Å². The van der Waals surface area contributed by atoms with Crippen LogP contribution in [0.15, 0.2) is 18.3 Å². The summed E-state index contributed by atoms with van der Waals surface area (Å²) < 4.78 is 1.89. The van der Waals surface area contributed by atoms with E-state index in [0.29, 0.717) is 0 Å². The minimum atomic E-state index is 0.802. The summed E-state index contributed by atoms with van der Waals surface area (Å²) in [6, 6.07) is 4.13. The molecule has 0 aromatic carbocycles. The zero-order valence-corrected chi connectivity index (χ0v) is 9.94. The predicted octanol–water partition coefficient (Wildman–Crippen LogP) is 2.10. The van der Waals surface area contributed by atoms with E-state index in [0.717, 1.165) is 29.9 Å². The third-order valence-corrected chi connectivity index (χ3v) is 2.55. The summed E-state index contributed by atoms with van der Waals surface area (Å²) in [5.41, 5.74) is 3.37. The molecule has 2 rings (SSSR count). The lowest BCUT2D eigenvalue weighted by Gasteiger charge is -2.03. The van der Waals surface area contributed by atoms with Gasteiger partial charge in [0.1, 0.15) is 0 Å². The fourth-order valence-electron chi connectivity index (χ4n) is 1.65. The Labute approximate surface area is 95.3 Å². The van der Waals surface area contributed by atoms with Crippen molar-refractivity contribution < 1.29 is 0 Å². The number of rotatable bonds is 3. The summed E-state index contributed by atoms with van der Waals surface area (Å²) in [5.74, 6) is 0.802. The van der Waals surface area contributed by atoms with Gasteiger partial charge in [-0.25, -0.2) is 4.68 Å². The number of nitrogens with zero attached hydrogens (tertiary/aromatic N) is 4. The molecule has 4 heteroatoms. The minimum absolute atomic E-state index is 0.802. The summed E-state index contributed by atoms with van der Waals surface area (Å²) in [4.78, 5) is 0. The van der Waals surface area contributed by atoms with E-state index in [9.17, 15) is 0 Å². The average Bonchev–Trinajstić information content (AvgIpc) is 2.72. The van der Waals surface area contributed by atoms with Crippen molar-refractivity contribution in [2.75, 3.05) is 0 Å². The molecule has 0 saturated heterocycles. The van der Waals surface area contributed by atoms with Crippen LogP contribution in [0.2, 0.25) is 0 Å². The average molecular weight is 216 g/mol. The molecule has 0 fully saturated rings. The van der Waals surface area contributed by atoms with Crippen LogP contribution in [0, 0.1) is 6.92 Å². The SMILES string of the molecule is CCc1cc(CC)n(-c2cc(C)cnn2)n1. The second kappa shape index (κ2) is 4.43. The van der Waals surface area contributed by atoms with Crippen molar-refractivity contribution in [3.63, 3.8) is 0 Å². The largest absolute Gasteiger partial charge is 0.217 e. The molecule has 0 aliphatic rings. The van der Waals surface area contributed by atoms with E-state index >= 15 is 0 Å². The van der Waals surface area contributed by atoms with Crippen LogP contribution < -0.4 is 0 Å². The normalized spacial score (nSPS) is 10.7. The van der Waals surface area contributed by atoms with Gasteiger partial charge in [0.2, 0.25) is 0 Å². The molecule has 16 heavy (non-hydrogen) atoms. The van der Waals surface area contributed by atoms with E-state index in [-0.39, 0.29) is 0 Å². The second-order valence-electron chi connectivity index (χ2n) is 3.84. The van der Waals surface area contributed by atoms with Gasteiger partial charge < -0.3 is 0 Å². The number of hydrogen-bond donors (Lipinski definition) is 0. The molecule has 4 nitrogen and oxygen atoms in total. The monoisotopic (exact) mass is 216 g/mol. The van der Waals surface area contributed by atoms with Gasteiger partial charge in [0.15, 0.2) is 5.82 Å². The van der Waals surface area contributed by atoms with Crippen molar-refractivity contribution in [1.29, 1.82) is 0 Å². The molecule has 0 aliphatic heterocycles. The molecule has 0 N–H and O–H groups in total. The highest BCUT2D eigenvalue weighted by Gasteiger charge is 2.08. The summed E-state index contributed by atoms with van der Waals surface area (Å²) in [5, 5.41) is 12.6. The van der Waals surface area contributed by atoms with E-state index in [4.69, 9.17) is 0 Å². The van der Waals surface area contributed by atoms with Crippen LogP contribution in [0.1, 0.15) is 30.8 Å². The van der Waals surface area contributed by atoms with E-state index in [1.807, 2.05) is 17.7 Å². The zero-order valence-electron chi connectivity index (χ0n) is 9.94. The topological polar surface area (TPSA) is 43.6 Å². The van der Waals surface area contributed by atoms with Crippen molar-refractivity contribution in [2.45, 2.75) is 33.6 Å². The predicted molar refractivity (Wildman–Crippen MR) is 62.6 cm³/mol. The van der Waals surface area contributed by atoms with Crippen LogP contribution in [0.3, 0.4) is 0 Å². The fraction of sp³-hybridized carbons (Fsp3) is 0.417. The molecule has 0 amide bonds. The molecule has 2 heterocycles. The van der Waals surface area contributed by atoms with Gasteiger partial charge in [0.05, 0.1) is 11.9 Å². The van der Waals surface area contributed by atoms with Crippen LogP contribution in [0.25, 0.3) is 5.82 Å². The van der Waals surface area contributed by atoms with Gasteiger partial charge in [-0.2, -0.15) is 10.2 Å². The van der Waals surface area contributed by atoms with E-state index in [1.54, 1.807) is 6.20 Å². The van der Waals surface area contributed by atoms with Gasteiger partial charge in [0, 0.05) is 5.69 Å². The highest BCUT2D eigenvalue weighted by molar-refractivity contribution is 5.27. The highest BCUT2D eigenvalue weighted by Crippen LogP contribution is 2.12. The maximum atomic E-state index is 4.53. The molecule has 0 bridgehead atoms. The van der Waals surface area contributed by atoms with Crippen LogP contribution in [0.4, 0.5) is 0 Å². The standard InChI is InChI=1S/C12H16N4/c1-4-10-7-11(5-2)16(15-10)12-6-9(3)8-13-14-12/h6-8H,4-5H2,1-3H3. The molecular weight excluding hydrogens is 200 g/mol. The quantitative estimate of drug-likeness (QED) is 0.789. The van der Waals surface area contributed by atoms with Crippen molar-refractivity contribution in [2.24, 2.45) is 0 Å². The third-order valence-electron chi connectivity index (χ3n) is 2.55. The second-order valence-corrected chi connectivity index (χ2v) is 3.84. The maximum absolute atomic E-state index is 4.53. The molecule has 2 aromatic rings. The molecular formula is C12H16N4. The number of aromatic nitrogens is 4. The highest BCUT2D eigenvalue weighted by atomic mass is 15.3. The van der Waals surface area contributed by atoms with Gasteiger partial charge in [0.25, 0.3) is 0 Å². The molecule has 2 aromatic heterocycles. The Morgan fingerprint density at radius 2 is 2.00 bits per heavy atom. The Morgan fingerprint density at radius 3 is 2.62 bits per heavy atom. The van der Waals surface area contributed by atoms with Crippen molar-refractivity contribution in [3.05, 3.63) is 35.3 Å². The van der Waals surface area contributed by atoms with E-state index in [2.05, 4.69) is 35.2 Å². The van der Waals surface area contributed by atoms with E-state index in [1.165, 1.54) is 5.69 Å². The minimum Gasteiger partial charge on any atom is -0.217 e. The molecule has 0 saturated carbocycles. The van der Waals surface area contributed by atoms with Crippen LogP contribution >= 0.6 is 0 Å². The summed E-state index contributed by atoms with van der Waals surface area (Å²) >= 11 is 0. The fourth-order valence-corrected chi connectivity index (χ4v) is 1.65. The Bertz CT molecular complexity index is 488. The molecule has 0 atom stereocenters. The zero-order chi connectivity index (χ0) is 11.5. The summed E-state index contributed by atoms with van der Waals surface area (Å²) in [6.07, 6.45) is 3.64. The first-order valence-corrected chi connectivity index (χ1v) is 5.62. The van der Waals surface area contributed by atoms with E-state index < -0.39 is 0 Å². The Kier molecular flexibility index (Phi) is 2.99. The van der Waals surface area contributed by atoms with Crippen LogP contribution in [-0.4, -0.2) is 20.0 Å². The lowest BCUT2D eigenvalue weighted by atomic mass is 10.2. The Balaban J connectivity index is 2.50. The van der Waals surface area contributed by atoms with Crippen molar-refractivity contribution >= 4 is 0 Å². The molecule has 0 unspecified atom stereocenters. The van der Waals surface area contributed by atoms with Crippen LogP contribution in [0.5, 0.6) is 0 Å². The Morgan fingerprint density at radius 1 is 1.19 bits per heavy atom. The Hall–Kier alpha value is -1.71. The van der Waals surface area contributed by atoms with Gasteiger partial charge in [-0.3, -0.25) is 0 Å². The van der Waals surface area contributed by atoms with Crippen molar-refractivity contribution in [3.8, 4) is 5.82 Å². The number of aryl methyl sites for hydroxylation is 3. The van der Waals surface area contributed by atoms with Gasteiger partial charge in [-0.05, 0) is 37.5 Å². The first-order valence-electron chi connectivity index (χ1n) is 5.62. The first-order chi connectivity index (χ1) is 7.74. The first kappa shape index (κ1) is 10.8. The molecule has 0 aliphatic carbocycles. The smallest absolute Gasteiger partial charge is 0.176 e. The molecule has 84 valence electrons.